The summed E-state index contributed by atoms with van der Waals surface area (Å²) in [5, 5.41) is 1.01. The van der Waals surface area contributed by atoms with Crippen LogP contribution < -0.4 is 4.74 Å². The van der Waals surface area contributed by atoms with Crippen LogP contribution in [0.4, 0.5) is 4.39 Å². The number of ether oxygens (including phenoxy) is 1. The fourth-order valence-corrected chi connectivity index (χ4v) is 5.53. The van der Waals surface area contributed by atoms with E-state index in [1.807, 2.05) is 49.4 Å². The van der Waals surface area contributed by atoms with Crippen molar-refractivity contribution >= 4 is 21.0 Å². The molecule has 3 aromatic carbocycles. The lowest BCUT2D eigenvalue weighted by Crippen LogP contribution is -2.26. The van der Waals surface area contributed by atoms with Crippen molar-refractivity contribution < 1.29 is 21.7 Å². The fourth-order valence-electron chi connectivity index (χ4n) is 4.28. The number of fused-ring (bicyclic) bond motifs is 3. The van der Waals surface area contributed by atoms with Crippen molar-refractivity contribution in [1.29, 1.82) is 0 Å². The van der Waals surface area contributed by atoms with E-state index >= 15 is 0 Å². The summed E-state index contributed by atoms with van der Waals surface area (Å²) in [4.78, 5) is 3.45. The van der Waals surface area contributed by atoms with Gasteiger partial charge >= 0.3 is 0 Å². The quantitative estimate of drug-likeness (QED) is 0.365. The highest BCUT2D eigenvalue weighted by molar-refractivity contribution is 7.85. The third-order valence-electron chi connectivity index (χ3n) is 5.91. The molecule has 1 N–H and O–H groups in total. The van der Waals surface area contributed by atoms with Gasteiger partial charge in [0.1, 0.15) is 23.1 Å². The molecule has 0 bridgehead atoms. The van der Waals surface area contributed by atoms with Crippen molar-refractivity contribution in [3.63, 3.8) is 0 Å². The number of hydrogen-bond acceptors (Lipinski definition) is 4. The van der Waals surface area contributed by atoms with Crippen LogP contribution >= 0.6 is 0 Å². The molecule has 1 aromatic heterocycles. The van der Waals surface area contributed by atoms with E-state index in [-0.39, 0.29) is 5.75 Å². The summed E-state index contributed by atoms with van der Waals surface area (Å²) < 4.78 is 49.9. The van der Waals surface area contributed by atoms with E-state index in [0.717, 1.165) is 39.2 Å². The van der Waals surface area contributed by atoms with Gasteiger partial charge in [0.25, 0.3) is 10.1 Å². The Morgan fingerprint density at radius 2 is 1.73 bits per heavy atom. The maximum Gasteiger partial charge on any atom is 0.271 e. The van der Waals surface area contributed by atoms with Crippen molar-refractivity contribution in [3.05, 3.63) is 94.9 Å². The summed E-state index contributed by atoms with van der Waals surface area (Å²) in [5.41, 5.74) is 4.82. The van der Waals surface area contributed by atoms with Crippen LogP contribution in [-0.2, 0) is 32.9 Å². The first-order valence-corrected chi connectivity index (χ1v) is 12.5. The van der Waals surface area contributed by atoms with Gasteiger partial charge in [-0.25, -0.2) is 4.39 Å². The molecule has 1 heterocycles. The van der Waals surface area contributed by atoms with Crippen molar-refractivity contribution in [2.24, 2.45) is 0 Å². The molecule has 0 aliphatic heterocycles. The van der Waals surface area contributed by atoms with Crippen molar-refractivity contribution in [1.82, 2.24) is 4.98 Å². The number of hydrogen-bond donors (Lipinski definition) is 1. The van der Waals surface area contributed by atoms with Crippen molar-refractivity contribution in [3.8, 4) is 11.5 Å². The average molecular weight is 466 g/mol. The molecule has 1 atom stereocenters. The van der Waals surface area contributed by atoms with Crippen LogP contribution in [0.25, 0.3) is 10.9 Å². The Bertz CT molecular complexity index is 1390. The summed E-state index contributed by atoms with van der Waals surface area (Å²) >= 11 is 0. The van der Waals surface area contributed by atoms with Crippen LogP contribution in [0.3, 0.4) is 0 Å². The molecule has 4 aromatic rings. The van der Waals surface area contributed by atoms with E-state index < -0.39 is 22.0 Å². The van der Waals surface area contributed by atoms with Crippen LogP contribution in [0, 0.1) is 12.7 Å². The molecule has 5 rings (SSSR count). The molecular weight excluding hydrogens is 441 g/mol. The number of H-pyrrole nitrogens is 1. The normalized spacial score (nSPS) is 16.0. The fraction of sp³-hybridized carbons (Fsp3) is 0.231. The minimum absolute atomic E-state index is 0.279. The van der Waals surface area contributed by atoms with E-state index in [4.69, 9.17) is 8.92 Å². The number of rotatable bonds is 6. The molecule has 1 unspecified atom stereocenters. The van der Waals surface area contributed by atoms with Gasteiger partial charge in [0.15, 0.2) is 0 Å². The second kappa shape index (κ2) is 8.65. The highest BCUT2D eigenvalue weighted by atomic mass is 32.2. The average Bonchev–Trinajstić information content (AvgIpc) is 3.14. The largest absolute Gasteiger partial charge is 0.457 e. The zero-order chi connectivity index (χ0) is 23.0. The number of benzene rings is 3. The Kier molecular flexibility index (Phi) is 5.68. The summed E-state index contributed by atoms with van der Waals surface area (Å²) in [6.07, 6.45) is 1.36. The molecule has 0 radical (unpaired) electrons. The second-order valence-electron chi connectivity index (χ2n) is 8.49. The SMILES string of the molecule is Cc1ccc(Oc2ccc3[nH]c4c(c3c2)CC(OS(=O)(=O)Cc2ccc(F)cc2)CC4)cc1. The number of aromatic amines is 1. The molecule has 1 aliphatic carbocycles. The lowest BCUT2D eigenvalue weighted by atomic mass is 9.93. The zero-order valence-corrected chi connectivity index (χ0v) is 19.0. The molecule has 33 heavy (non-hydrogen) atoms. The summed E-state index contributed by atoms with van der Waals surface area (Å²) in [6, 6.07) is 19.2. The topological polar surface area (TPSA) is 68.4 Å². The lowest BCUT2D eigenvalue weighted by Gasteiger charge is -2.22. The van der Waals surface area contributed by atoms with Crippen molar-refractivity contribution in [2.75, 3.05) is 0 Å². The minimum Gasteiger partial charge on any atom is -0.457 e. The van der Waals surface area contributed by atoms with Crippen LogP contribution in [0.15, 0.2) is 66.7 Å². The number of aryl methyl sites for hydroxylation is 2. The number of nitrogens with one attached hydrogen (secondary N) is 1. The van der Waals surface area contributed by atoms with Crippen LogP contribution in [-0.4, -0.2) is 19.5 Å². The molecule has 5 nitrogen and oxygen atoms in total. The number of aromatic nitrogens is 1. The Morgan fingerprint density at radius 1 is 1.00 bits per heavy atom. The van der Waals surface area contributed by atoms with E-state index in [9.17, 15) is 12.8 Å². The lowest BCUT2D eigenvalue weighted by molar-refractivity contribution is 0.192. The third kappa shape index (κ3) is 4.94. The van der Waals surface area contributed by atoms with Crippen LogP contribution in [0.1, 0.15) is 28.8 Å². The molecular formula is C26H24FNO4S. The van der Waals surface area contributed by atoms with Gasteiger partial charge in [-0.3, -0.25) is 4.18 Å². The van der Waals surface area contributed by atoms with Gasteiger partial charge in [-0.15, -0.1) is 0 Å². The molecule has 170 valence electrons. The highest BCUT2D eigenvalue weighted by Crippen LogP contribution is 2.34. The van der Waals surface area contributed by atoms with E-state index in [1.54, 1.807) is 0 Å². The minimum atomic E-state index is -3.80. The maximum absolute atomic E-state index is 13.1. The maximum atomic E-state index is 13.1. The van der Waals surface area contributed by atoms with E-state index in [0.29, 0.717) is 24.8 Å². The Morgan fingerprint density at radius 3 is 2.48 bits per heavy atom. The molecule has 0 saturated heterocycles. The van der Waals surface area contributed by atoms with Crippen LogP contribution in [0.5, 0.6) is 11.5 Å². The van der Waals surface area contributed by atoms with Gasteiger partial charge < -0.3 is 9.72 Å². The second-order valence-corrected chi connectivity index (χ2v) is 10.1. The molecule has 0 fully saturated rings. The molecule has 0 saturated carbocycles. The van der Waals surface area contributed by atoms with Gasteiger partial charge in [0.2, 0.25) is 0 Å². The highest BCUT2D eigenvalue weighted by Gasteiger charge is 2.27. The smallest absolute Gasteiger partial charge is 0.271 e. The monoisotopic (exact) mass is 465 g/mol. The number of halogens is 1. The first-order valence-electron chi connectivity index (χ1n) is 10.9. The summed E-state index contributed by atoms with van der Waals surface area (Å²) in [5.74, 6) is 0.804. The standard InChI is InChI=1S/C26H24FNO4S/c1-17-2-8-20(9-3-17)31-21-10-12-25-23(14-21)24-15-22(11-13-26(24)28-25)32-33(29,30)16-18-4-6-19(27)7-5-18/h2-10,12,14,22,28H,11,13,15-16H2,1H3. The Hall–Kier alpha value is -3.16. The molecule has 0 amide bonds. The Labute approximate surface area is 192 Å². The predicted octanol–water partition coefficient (Wildman–Crippen LogP) is 5.81. The summed E-state index contributed by atoms with van der Waals surface area (Å²) in [6.45, 7) is 2.03. The first-order chi connectivity index (χ1) is 15.8. The predicted molar refractivity (Wildman–Crippen MR) is 125 cm³/mol. The van der Waals surface area contributed by atoms with Gasteiger partial charge in [0.05, 0.1) is 6.10 Å². The van der Waals surface area contributed by atoms with Gasteiger partial charge in [-0.2, -0.15) is 8.42 Å². The third-order valence-corrected chi connectivity index (χ3v) is 7.16. The molecule has 7 heteroatoms. The zero-order valence-electron chi connectivity index (χ0n) is 18.2. The van der Waals surface area contributed by atoms with Gasteiger partial charge in [0, 0.05) is 23.0 Å². The molecule has 1 aliphatic rings. The van der Waals surface area contributed by atoms with Gasteiger partial charge in [-0.1, -0.05) is 29.8 Å². The Balaban J connectivity index is 1.34. The molecule has 0 spiro atoms. The van der Waals surface area contributed by atoms with Crippen LogP contribution in [0.2, 0.25) is 0 Å². The van der Waals surface area contributed by atoms with Crippen molar-refractivity contribution in [2.45, 2.75) is 38.0 Å². The van der Waals surface area contributed by atoms with E-state index in [1.165, 1.54) is 24.3 Å². The van der Waals surface area contributed by atoms with E-state index in [2.05, 4.69) is 4.98 Å². The first kappa shape index (κ1) is 21.7. The summed E-state index contributed by atoms with van der Waals surface area (Å²) in [7, 11) is -3.80. The van der Waals surface area contributed by atoms with Gasteiger partial charge in [-0.05, 0) is 73.4 Å².